The van der Waals surface area contributed by atoms with Crippen LogP contribution in [0.15, 0.2) is 0 Å². The van der Waals surface area contributed by atoms with E-state index >= 15 is 0 Å². The van der Waals surface area contributed by atoms with Gasteiger partial charge in [-0.05, 0) is 20.8 Å². The largest absolute Gasteiger partial charge is 0.299 e. The lowest BCUT2D eigenvalue weighted by Crippen LogP contribution is -2.40. The van der Waals surface area contributed by atoms with Crippen molar-refractivity contribution in [2.45, 2.75) is 26.8 Å². The van der Waals surface area contributed by atoms with Gasteiger partial charge in [0.15, 0.2) is 0 Å². The second-order valence-corrected chi connectivity index (χ2v) is 2.47. The van der Waals surface area contributed by atoms with Crippen LogP contribution in [0, 0.1) is 0 Å². The average molecular weight is 130 g/mol. The molecule has 0 aromatic heterocycles. The minimum absolute atomic E-state index is 0.103. The van der Waals surface area contributed by atoms with Gasteiger partial charge < -0.3 is 0 Å². The van der Waals surface area contributed by atoms with Crippen molar-refractivity contribution in [2.75, 3.05) is 6.54 Å². The molecule has 0 saturated heterocycles. The molecule has 0 aliphatic heterocycles. The second-order valence-electron chi connectivity index (χ2n) is 2.47. The highest BCUT2D eigenvalue weighted by atomic mass is 16.1. The summed E-state index contributed by atoms with van der Waals surface area (Å²) < 4.78 is 0. The van der Waals surface area contributed by atoms with E-state index in [1.165, 1.54) is 11.9 Å². The Balaban J connectivity index is 3.50. The summed E-state index contributed by atoms with van der Waals surface area (Å²) in [5.74, 6) is 5.53. The van der Waals surface area contributed by atoms with Crippen molar-refractivity contribution in [3.05, 3.63) is 0 Å². The number of hydrazine groups is 1. The number of carbonyl (C=O) groups excluding carboxylic acids is 1. The zero-order valence-electron chi connectivity index (χ0n) is 6.22. The molecule has 9 heavy (non-hydrogen) atoms. The minimum Gasteiger partial charge on any atom is -0.299 e. The summed E-state index contributed by atoms with van der Waals surface area (Å²) in [7, 11) is 0. The first-order valence-electron chi connectivity index (χ1n) is 3.05. The zero-order valence-corrected chi connectivity index (χ0v) is 6.22. The molecule has 0 rings (SSSR count). The Hall–Kier alpha value is -0.410. The number of Topliss-reactive ketones (excluding diaryl/α,β-unsaturated/α-hetero) is 1. The first kappa shape index (κ1) is 8.59. The molecule has 0 fully saturated rings. The van der Waals surface area contributed by atoms with Crippen molar-refractivity contribution in [2.24, 2.45) is 5.84 Å². The summed E-state index contributed by atoms with van der Waals surface area (Å²) >= 11 is 0. The molecule has 0 atom stereocenters. The number of ketones is 1. The molecule has 2 N–H and O–H groups in total. The SMILES string of the molecule is CC(=O)CN(N)C(C)C. The van der Waals surface area contributed by atoms with Crippen molar-refractivity contribution >= 4 is 5.78 Å². The van der Waals surface area contributed by atoms with Gasteiger partial charge in [0, 0.05) is 6.04 Å². The molecule has 0 aromatic carbocycles. The van der Waals surface area contributed by atoms with Crippen LogP contribution in [-0.4, -0.2) is 23.4 Å². The van der Waals surface area contributed by atoms with Crippen molar-refractivity contribution in [1.82, 2.24) is 5.01 Å². The predicted octanol–water partition coefficient (Wildman–Crippen LogP) is 0.159. The van der Waals surface area contributed by atoms with Crippen LogP contribution in [0.2, 0.25) is 0 Å². The van der Waals surface area contributed by atoms with Gasteiger partial charge in [0.2, 0.25) is 0 Å². The molecule has 0 spiro atoms. The maximum Gasteiger partial charge on any atom is 0.145 e. The second kappa shape index (κ2) is 3.58. The van der Waals surface area contributed by atoms with Crippen molar-refractivity contribution in [3.8, 4) is 0 Å². The van der Waals surface area contributed by atoms with Gasteiger partial charge in [-0.2, -0.15) is 0 Å². The molecule has 54 valence electrons. The van der Waals surface area contributed by atoms with E-state index in [4.69, 9.17) is 5.84 Å². The molecular weight excluding hydrogens is 116 g/mol. The third-order valence-corrected chi connectivity index (χ3v) is 1.07. The molecule has 0 heterocycles. The Morgan fingerprint density at radius 3 is 2.22 bits per heavy atom. The summed E-state index contributed by atoms with van der Waals surface area (Å²) in [4.78, 5) is 10.4. The van der Waals surface area contributed by atoms with Crippen molar-refractivity contribution < 1.29 is 4.79 Å². The number of carbonyl (C=O) groups is 1. The van der Waals surface area contributed by atoms with Crippen molar-refractivity contribution in [3.63, 3.8) is 0 Å². The summed E-state index contributed by atoms with van der Waals surface area (Å²) in [6.07, 6.45) is 0. The number of rotatable bonds is 3. The van der Waals surface area contributed by atoms with Gasteiger partial charge in [0.1, 0.15) is 5.78 Å². The van der Waals surface area contributed by atoms with Crippen LogP contribution in [0.4, 0.5) is 0 Å². The lowest BCUT2D eigenvalue weighted by molar-refractivity contribution is -0.118. The molecule has 0 aliphatic rings. The average Bonchev–Trinajstić information content (AvgIpc) is 1.63. The number of nitrogens with zero attached hydrogens (tertiary/aromatic N) is 1. The highest BCUT2D eigenvalue weighted by molar-refractivity contribution is 5.77. The highest BCUT2D eigenvalue weighted by Gasteiger charge is 2.04. The number of hydrogen-bond acceptors (Lipinski definition) is 3. The topological polar surface area (TPSA) is 46.3 Å². The van der Waals surface area contributed by atoms with E-state index in [1.54, 1.807) is 0 Å². The Labute approximate surface area is 55.8 Å². The Morgan fingerprint density at radius 2 is 2.11 bits per heavy atom. The smallest absolute Gasteiger partial charge is 0.145 e. The maximum absolute atomic E-state index is 10.4. The molecule has 0 radical (unpaired) electrons. The van der Waals surface area contributed by atoms with Gasteiger partial charge in [-0.15, -0.1) is 0 Å². The van der Waals surface area contributed by atoms with Crippen LogP contribution in [-0.2, 0) is 4.79 Å². The van der Waals surface area contributed by atoms with Crippen LogP contribution >= 0.6 is 0 Å². The molecular formula is C6H14N2O. The van der Waals surface area contributed by atoms with E-state index in [9.17, 15) is 4.79 Å². The Kier molecular flexibility index (Phi) is 3.42. The zero-order chi connectivity index (χ0) is 7.44. The highest BCUT2D eigenvalue weighted by Crippen LogP contribution is 1.88. The van der Waals surface area contributed by atoms with Gasteiger partial charge >= 0.3 is 0 Å². The molecule has 0 bridgehead atoms. The molecule has 0 amide bonds. The molecule has 0 unspecified atom stereocenters. The van der Waals surface area contributed by atoms with Crippen molar-refractivity contribution in [1.29, 1.82) is 0 Å². The number of nitrogens with two attached hydrogens (primary N) is 1. The monoisotopic (exact) mass is 130 g/mol. The van der Waals surface area contributed by atoms with Crippen LogP contribution in [0.3, 0.4) is 0 Å². The fourth-order valence-corrected chi connectivity index (χ4v) is 0.440. The summed E-state index contributed by atoms with van der Waals surface area (Å²) in [5, 5.41) is 1.52. The Morgan fingerprint density at radius 1 is 1.67 bits per heavy atom. The third-order valence-electron chi connectivity index (χ3n) is 1.07. The molecule has 0 saturated carbocycles. The van der Waals surface area contributed by atoms with E-state index < -0.39 is 0 Å². The third kappa shape index (κ3) is 4.12. The van der Waals surface area contributed by atoms with Crippen LogP contribution < -0.4 is 5.84 Å². The van der Waals surface area contributed by atoms with Crippen LogP contribution in [0.25, 0.3) is 0 Å². The Bertz CT molecular complexity index is 101. The quantitative estimate of drug-likeness (QED) is 0.437. The van der Waals surface area contributed by atoms with E-state index in [-0.39, 0.29) is 11.8 Å². The van der Waals surface area contributed by atoms with Crippen LogP contribution in [0.5, 0.6) is 0 Å². The molecule has 3 nitrogen and oxygen atoms in total. The minimum atomic E-state index is 0.103. The first-order chi connectivity index (χ1) is 4.04. The van der Waals surface area contributed by atoms with Crippen LogP contribution in [0.1, 0.15) is 20.8 Å². The molecule has 0 aromatic rings. The fraction of sp³-hybridized carbons (Fsp3) is 0.833. The number of hydrogen-bond donors (Lipinski definition) is 1. The first-order valence-corrected chi connectivity index (χ1v) is 3.05. The maximum atomic E-state index is 10.4. The molecule has 3 heteroatoms. The predicted molar refractivity (Wildman–Crippen MR) is 36.7 cm³/mol. The normalized spacial score (nSPS) is 10.9. The summed E-state index contributed by atoms with van der Waals surface area (Å²) in [6, 6.07) is 0.244. The van der Waals surface area contributed by atoms with Gasteiger partial charge in [0.25, 0.3) is 0 Å². The van der Waals surface area contributed by atoms with Gasteiger partial charge in [-0.25, -0.2) is 5.01 Å². The summed E-state index contributed by atoms with van der Waals surface area (Å²) in [5.41, 5.74) is 0. The van der Waals surface area contributed by atoms with Gasteiger partial charge in [-0.3, -0.25) is 10.6 Å². The lowest BCUT2D eigenvalue weighted by atomic mass is 10.3. The lowest BCUT2D eigenvalue weighted by Gasteiger charge is -2.17. The summed E-state index contributed by atoms with van der Waals surface area (Å²) in [6.45, 7) is 5.77. The van der Waals surface area contributed by atoms with E-state index in [0.717, 1.165) is 0 Å². The standard InChI is InChI=1S/C6H14N2O/c1-5(2)8(7)4-6(3)9/h5H,4,7H2,1-3H3. The fourth-order valence-electron chi connectivity index (χ4n) is 0.440. The van der Waals surface area contributed by atoms with Gasteiger partial charge in [-0.1, -0.05) is 0 Å². The molecule has 0 aliphatic carbocycles. The van der Waals surface area contributed by atoms with E-state index in [2.05, 4.69) is 0 Å². The van der Waals surface area contributed by atoms with E-state index in [0.29, 0.717) is 6.54 Å². The van der Waals surface area contributed by atoms with Gasteiger partial charge in [0.05, 0.1) is 6.54 Å². The van der Waals surface area contributed by atoms with E-state index in [1.807, 2.05) is 13.8 Å².